The Balaban J connectivity index is 1.18. The monoisotopic (exact) mass is 671 g/mol. The first-order chi connectivity index (χ1) is 22.5. The van der Waals surface area contributed by atoms with Crippen molar-refractivity contribution in [2.45, 2.75) is 37.5 Å². The Kier molecular flexibility index (Phi) is 9.04. The van der Waals surface area contributed by atoms with Crippen molar-refractivity contribution in [3.05, 3.63) is 87.6 Å². The van der Waals surface area contributed by atoms with Crippen LogP contribution in [-0.2, 0) is 17.4 Å². The van der Waals surface area contributed by atoms with Crippen LogP contribution < -0.4 is 15.9 Å². The van der Waals surface area contributed by atoms with E-state index in [9.17, 15) is 32.7 Å². The van der Waals surface area contributed by atoms with Crippen molar-refractivity contribution in [3.8, 4) is 5.75 Å². The number of fused-ring (bicyclic) bond motifs is 1. The van der Waals surface area contributed by atoms with E-state index < -0.39 is 40.5 Å². The Morgan fingerprint density at radius 1 is 1.00 bits per heavy atom. The van der Waals surface area contributed by atoms with Gasteiger partial charge in [0.1, 0.15) is 11.8 Å². The molecule has 248 valence electrons. The summed E-state index contributed by atoms with van der Waals surface area (Å²) in [6, 6.07) is 11.1. The third-order valence-corrected chi connectivity index (χ3v) is 9.11. The molecule has 47 heavy (non-hydrogen) atoms. The lowest BCUT2D eigenvalue weighted by molar-refractivity contribution is -0.138. The molecule has 3 amide bonds. The number of aromatic amines is 1. The van der Waals surface area contributed by atoms with Gasteiger partial charge in [-0.25, -0.2) is 9.59 Å². The molecule has 2 aromatic carbocycles. The average molecular weight is 672 g/mol. The molecular weight excluding hydrogens is 639 g/mol. The third-order valence-electron chi connectivity index (χ3n) is 8.82. The molecule has 0 radical (unpaired) electrons. The van der Waals surface area contributed by atoms with Crippen molar-refractivity contribution in [3.63, 3.8) is 0 Å². The number of amides is 3. The number of H-pyrrole nitrogens is 1. The molecule has 2 aromatic heterocycles. The summed E-state index contributed by atoms with van der Waals surface area (Å²) in [6.07, 6.45) is -0.817. The molecule has 15 heteroatoms. The highest BCUT2D eigenvalue weighted by atomic mass is 35.5. The van der Waals surface area contributed by atoms with Crippen LogP contribution in [0.5, 0.6) is 5.75 Å². The molecule has 0 aliphatic carbocycles. The van der Waals surface area contributed by atoms with Crippen LogP contribution in [0, 0.1) is 0 Å². The summed E-state index contributed by atoms with van der Waals surface area (Å²) in [4.78, 5) is 52.3. The maximum Gasteiger partial charge on any atom is 0.420 e. The zero-order valence-corrected chi connectivity index (χ0v) is 26.0. The Morgan fingerprint density at radius 2 is 1.68 bits per heavy atom. The highest BCUT2D eigenvalue weighted by molar-refractivity contribution is 6.32. The van der Waals surface area contributed by atoms with Gasteiger partial charge in [-0.05, 0) is 54.8 Å². The second-order valence-corrected chi connectivity index (χ2v) is 12.1. The zero-order valence-electron chi connectivity index (χ0n) is 25.2. The molecule has 3 N–H and O–H groups in total. The molecule has 11 nitrogen and oxygen atoms in total. The largest absolute Gasteiger partial charge is 0.506 e. The minimum Gasteiger partial charge on any atom is -0.506 e. The van der Waals surface area contributed by atoms with Crippen LogP contribution in [0.15, 0.2) is 65.7 Å². The fraction of sp³-hybridized carbons (Fsp3) is 0.375. The van der Waals surface area contributed by atoms with Gasteiger partial charge in [-0.2, -0.15) is 13.2 Å². The first-order valence-electron chi connectivity index (χ1n) is 15.3. The van der Waals surface area contributed by atoms with E-state index in [1.165, 1.54) is 6.07 Å². The number of nitrogens with zero attached hydrogens (tertiary/aromatic N) is 5. The SMILES string of the molecule is O=C(N[C@H](Cc1cc(Cl)c(O)c(C(F)(F)F)c1)C(=O)N1CCN(c2ccncc2)CC1)N1CCC(n2c(=O)[nH]c3ccccc32)CC1. The number of anilines is 1. The predicted octanol–water partition coefficient (Wildman–Crippen LogP) is 4.41. The van der Waals surface area contributed by atoms with Crippen LogP contribution in [0.4, 0.5) is 23.7 Å². The molecule has 0 spiro atoms. The smallest absolute Gasteiger partial charge is 0.420 e. The number of imidazole rings is 1. The number of pyridine rings is 1. The number of benzene rings is 2. The summed E-state index contributed by atoms with van der Waals surface area (Å²) in [6.45, 7) is 2.31. The van der Waals surface area contributed by atoms with Crippen LogP contribution in [0.3, 0.4) is 0 Å². The number of carbonyl (C=O) groups is 2. The molecule has 2 aliphatic rings. The number of carbonyl (C=O) groups excluding carboxylic acids is 2. The fourth-order valence-corrected chi connectivity index (χ4v) is 6.63. The number of piperazine rings is 1. The summed E-state index contributed by atoms with van der Waals surface area (Å²) in [5, 5.41) is 12.2. The molecular formula is C32H33ClF3N7O4. The number of hydrogen-bond donors (Lipinski definition) is 3. The van der Waals surface area contributed by atoms with E-state index in [0.717, 1.165) is 22.8 Å². The molecule has 2 aliphatic heterocycles. The molecule has 4 aromatic rings. The van der Waals surface area contributed by atoms with Gasteiger partial charge in [0.15, 0.2) is 0 Å². The van der Waals surface area contributed by atoms with E-state index in [4.69, 9.17) is 11.6 Å². The molecule has 0 saturated carbocycles. The number of aromatic hydroxyl groups is 1. The van der Waals surface area contributed by atoms with Crippen LogP contribution in [-0.4, -0.2) is 86.7 Å². The number of rotatable bonds is 6. The molecule has 0 bridgehead atoms. The number of phenols is 1. The van der Waals surface area contributed by atoms with Gasteiger partial charge in [-0.15, -0.1) is 0 Å². The van der Waals surface area contributed by atoms with Crippen LogP contribution in [0.2, 0.25) is 5.02 Å². The number of halogens is 4. The Labute approximate surface area is 272 Å². The predicted molar refractivity (Wildman–Crippen MR) is 170 cm³/mol. The Morgan fingerprint density at radius 3 is 2.36 bits per heavy atom. The third kappa shape index (κ3) is 6.87. The van der Waals surface area contributed by atoms with Crippen LogP contribution >= 0.6 is 11.6 Å². The van der Waals surface area contributed by atoms with Gasteiger partial charge in [-0.3, -0.25) is 14.3 Å². The summed E-state index contributed by atoms with van der Waals surface area (Å²) < 4.78 is 42.7. The standard InChI is InChI=1S/C32H33ClF3N7O4/c33-24-18-20(17-23(28(24)44)32(34,35)36)19-26(29(45)41-15-13-40(14-16-41)21-5-9-37-10-6-21)39-30(46)42-11-7-22(8-12-42)43-27-4-2-1-3-25(27)38-31(43)47/h1-6,9-10,17-18,22,26,44H,7-8,11-16,19H2,(H,38,47)(H,39,46)/t26-/m1/s1. The number of urea groups is 1. The Hall–Kier alpha value is -4.72. The minimum absolute atomic E-state index is 0.0339. The first-order valence-corrected chi connectivity index (χ1v) is 15.6. The van der Waals surface area contributed by atoms with Crippen molar-refractivity contribution in [2.24, 2.45) is 0 Å². The van der Waals surface area contributed by atoms with Crippen molar-refractivity contribution in [2.75, 3.05) is 44.2 Å². The van der Waals surface area contributed by atoms with Gasteiger partial charge >= 0.3 is 17.9 Å². The Bertz CT molecular complexity index is 1810. The van der Waals surface area contributed by atoms with Crippen molar-refractivity contribution in [1.29, 1.82) is 0 Å². The maximum absolute atomic E-state index is 13.9. The van der Waals surface area contributed by atoms with Gasteiger partial charge in [0.2, 0.25) is 5.91 Å². The lowest BCUT2D eigenvalue weighted by Crippen LogP contribution is -2.57. The van der Waals surface area contributed by atoms with Gasteiger partial charge in [-0.1, -0.05) is 23.7 Å². The number of piperidine rings is 1. The molecule has 0 unspecified atom stereocenters. The van der Waals surface area contributed by atoms with Crippen LogP contribution in [0.25, 0.3) is 11.0 Å². The number of likely N-dealkylation sites (tertiary alicyclic amines) is 1. The lowest BCUT2D eigenvalue weighted by atomic mass is 10.0. The fourth-order valence-electron chi connectivity index (χ4n) is 6.39. The molecule has 4 heterocycles. The van der Waals surface area contributed by atoms with Gasteiger partial charge in [0, 0.05) is 69.8 Å². The number of para-hydroxylation sites is 2. The summed E-state index contributed by atoms with van der Waals surface area (Å²) in [7, 11) is 0. The van der Waals surface area contributed by atoms with E-state index in [1.807, 2.05) is 36.4 Å². The van der Waals surface area contributed by atoms with E-state index >= 15 is 0 Å². The highest BCUT2D eigenvalue weighted by Crippen LogP contribution is 2.40. The van der Waals surface area contributed by atoms with Gasteiger partial charge in [0.25, 0.3) is 0 Å². The maximum atomic E-state index is 13.9. The van der Waals surface area contributed by atoms with E-state index in [1.54, 1.807) is 26.8 Å². The number of aromatic nitrogens is 3. The molecule has 2 fully saturated rings. The highest BCUT2D eigenvalue weighted by Gasteiger charge is 2.37. The van der Waals surface area contributed by atoms with E-state index in [-0.39, 0.29) is 23.7 Å². The van der Waals surface area contributed by atoms with Crippen molar-refractivity contribution >= 4 is 40.3 Å². The minimum atomic E-state index is -4.88. The van der Waals surface area contributed by atoms with E-state index in [2.05, 4.69) is 20.2 Å². The molecule has 6 rings (SSSR count). The lowest BCUT2D eigenvalue weighted by Gasteiger charge is -2.38. The summed E-state index contributed by atoms with van der Waals surface area (Å²) in [5.74, 6) is -1.54. The molecule has 1 atom stereocenters. The topological polar surface area (TPSA) is 127 Å². The van der Waals surface area contributed by atoms with Crippen LogP contribution in [0.1, 0.15) is 30.0 Å². The normalized spacial score (nSPS) is 16.8. The molecule has 2 saturated heterocycles. The number of hydrogen-bond acceptors (Lipinski definition) is 6. The second-order valence-electron chi connectivity index (χ2n) is 11.7. The first kappa shape index (κ1) is 32.2. The average Bonchev–Trinajstić information content (AvgIpc) is 3.41. The number of nitrogens with one attached hydrogen (secondary N) is 2. The van der Waals surface area contributed by atoms with Crippen molar-refractivity contribution in [1.82, 2.24) is 29.7 Å². The quantitative estimate of drug-likeness (QED) is 0.279. The van der Waals surface area contributed by atoms with E-state index in [0.29, 0.717) is 52.1 Å². The summed E-state index contributed by atoms with van der Waals surface area (Å²) in [5.41, 5.74) is 0.942. The second kappa shape index (κ2) is 13.2. The number of phenolic OH excluding ortho intramolecular Hbond substituents is 1. The van der Waals surface area contributed by atoms with Gasteiger partial charge in [0.05, 0.1) is 21.6 Å². The number of alkyl halides is 3. The zero-order chi connectivity index (χ0) is 33.3. The van der Waals surface area contributed by atoms with Gasteiger partial charge < -0.3 is 30.1 Å². The summed E-state index contributed by atoms with van der Waals surface area (Å²) >= 11 is 5.96. The van der Waals surface area contributed by atoms with Crippen molar-refractivity contribution < 1.29 is 27.9 Å².